The molecule has 0 bridgehead atoms. The van der Waals surface area contributed by atoms with E-state index >= 15 is 0 Å². The Morgan fingerprint density at radius 2 is 1.85 bits per heavy atom. The van der Waals surface area contributed by atoms with Crippen molar-refractivity contribution in [2.75, 3.05) is 13.2 Å². The molecule has 0 saturated heterocycles. The second kappa shape index (κ2) is 5.77. The molecular weight excluding hydrogens is 246 g/mol. The highest BCUT2D eigenvalue weighted by Gasteiger charge is 2.45. The van der Waals surface area contributed by atoms with E-state index in [4.69, 9.17) is 4.74 Å². The molecule has 110 valence electrons. The van der Waals surface area contributed by atoms with Gasteiger partial charge < -0.3 is 10.1 Å². The van der Waals surface area contributed by atoms with Crippen molar-refractivity contribution in [3.8, 4) is 5.75 Å². The maximum absolute atomic E-state index is 5.56. The molecule has 0 unspecified atom stereocenters. The third-order valence-corrected chi connectivity index (χ3v) is 5.02. The van der Waals surface area contributed by atoms with E-state index in [1.807, 2.05) is 6.92 Å². The van der Waals surface area contributed by atoms with E-state index in [2.05, 4.69) is 36.5 Å². The summed E-state index contributed by atoms with van der Waals surface area (Å²) in [7, 11) is 0. The van der Waals surface area contributed by atoms with Crippen LogP contribution in [0.1, 0.15) is 51.5 Å². The molecule has 0 aromatic heterocycles. The normalized spacial score (nSPS) is 29.0. The first-order chi connectivity index (χ1) is 9.75. The lowest BCUT2D eigenvalue weighted by molar-refractivity contribution is 0.133. The summed E-state index contributed by atoms with van der Waals surface area (Å²) in [6.45, 7) is 6.25. The molecule has 0 atom stereocenters. The van der Waals surface area contributed by atoms with Crippen LogP contribution < -0.4 is 10.1 Å². The molecule has 0 amide bonds. The van der Waals surface area contributed by atoms with Crippen molar-refractivity contribution in [3.63, 3.8) is 0 Å². The predicted octanol–water partition coefficient (Wildman–Crippen LogP) is 3.90. The molecule has 0 aliphatic heterocycles. The lowest BCUT2D eigenvalue weighted by Gasteiger charge is -2.48. The second-order valence-electron chi connectivity index (χ2n) is 6.58. The minimum atomic E-state index is 0.383. The Balaban J connectivity index is 1.70. The van der Waals surface area contributed by atoms with E-state index in [1.54, 1.807) is 0 Å². The van der Waals surface area contributed by atoms with Crippen molar-refractivity contribution in [2.45, 2.75) is 57.4 Å². The van der Waals surface area contributed by atoms with Gasteiger partial charge in [0.05, 0.1) is 6.61 Å². The van der Waals surface area contributed by atoms with E-state index in [0.29, 0.717) is 5.41 Å². The molecule has 1 N–H and O–H groups in total. The van der Waals surface area contributed by atoms with Crippen LogP contribution in [0.5, 0.6) is 5.75 Å². The second-order valence-corrected chi connectivity index (χ2v) is 6.58. The van der Waals surface area contributed by atoms with Crippen molar-refractivity contribution < 1.29 is 4.74 Å². The van der Waals surface area contributed by atoms with Crippen LogP contribution >= 0.6 is 0 Å². The zero-order valence-electron chi connectivity index (χ0n) is 12.8. The van der Waals surface area contributed by atoms with Crippen molar-refractivity contribution >= 4 is 0 Å². The molecule has 2 heteroatoms. The Hall–Kier alpha value is -1.02. The van der Waals surface area contributed by atoms with E-state index in [1.165, 1.54) is 37.7 Å². The quantitative estimate of drug-likeness (QED) is 0.813. The summed E-state index contributed by atoms with van der Waals surface area (Å²) < 4.78 is 5.56. The van der Waals surface area contributed by atoms with Gasteiger partial charge >= 0.3 is 0 Å². The number of hydrogen-bond acceptors (Lipinski definition) is 2. The molecule has 2 saturated carbocycles. The zero-order chi connectivity index (χ0) is 14.0. The fraction of sp³-hybridized carbons (Fsp3) is 0.667. The zero-order valence-corrected chi connectivity index (χ0v) is 12.8. The maximum atomic E-state index is 5.56. The molecular formula is C18H27NO. The minimum absolute atomic E-state index is 0.383. The van der Waals surface area contributed by atoms with E-state index < -0.39 is 0 Å². The van der Waals surface area contributed by atoms with Crippen LogP contribution in [0.2, 0.25) is 0 Å². The van der Waals surface area contributed by atoms with Crippen LogP contribution in [0.25, 0.3) is 0 Å². The molecule has 1 aromatic carbocycles. The van der Waals surface area contributed by atoms with Crippen LogP contribution in [-0.4, -0.2) is 19.2 Å². The highest BCUT2D eigenvalue weighted by Crippen LogP contribution is 2.49. The summed E-state index contributed by atoms with van der Waals surface area (Å²) in [4.78, 5) is 0. The van der Waals surface area contributed by atoms with Crippen LogP contribution in [0.3, 0.4) is 0 Å². The monoisotopic (exact) mass is 273 g/mol. The van der Waals surface area contributed by atoms with Gasteiger partial charge in [0.25, 0.3) is 0 Å². The van der Waals surface area contributed by atoms with Gasteiger partial charge in [-0.2, -0.15) is 0 Å². The van der Waals surface area contributed by atoms with Crippen LogP contribution in [0.4, 0.5) is 0 Å². The topological polar surface area (TPSA) is 21.3 Å². The fourth-order valence-corrected chi connectivity index (χ4v) is 3.51. The molecule has 2 aliphatic carbocycles. The Labute approximate surface area is 122 Å². The minimum Gasteiger partial charge on any atom is -0.494 e. The Morgan fingerprint density at radius 3 is 2.40 bits per heavy atom. The van der Waals surface area contributed by atoms with Gasteiger partial charge in [0.2, 0.25) is 0 Å². The lowest BCUT2D eigenvalue weighted by Crippen LogP contribution is -2.48. The summed E-state index contributed by atoms with van der Waals surface area (Å²) in [6, 6.07) is 9.64. The first-order valence-corrected chi connectivity index (χ1v) is 8.22. The van der Waals surface area contributed by atoms with E-state index in [-0.39, 0.29) is 0 Å². The number of hydrogen-bond donors (Lipinski definition) is 1. The smallest absolute Gasteiger partial charge is 0.119 e. The van der Waals surface area contributed by atoms with Crippen molar-refractivity contribution in [1.82, 2.24) is 5.32 Å². The third-order valence-electron chi connectivity index (χ3n) is 5.02. The highest BCUT2D eigenvalue weighted by molar-refractivity contribution is 5.35. The molecule has 3 rings (SSSR count). The number of rotatable bonds is 7. The first-order valence-electron chi connectivity index (χ1n) is 8.22. The average Bonchev–Trinajstić information content (AvgIpc) is 3.24. The van der Waals surface area contributed by atoms with Crippen molar-refractivity contribution in [3.05, 3.63) is 29.8 Å². The van der Waals surface area contributed by atoms with Gasteiger partial charge in [0.1, 0.15) is 5.75 Å². The largest absolute Gasteiger partial charge is 0.494 e. The Bertz CT molecular complexity index is 429. The number of ether oxygens (including phenoxy) is 1. The van der Waals surface area contributed by atoms with Gasteiger partial charge in [0, 0.05) is 18.0 Å². The molecule has 0 heterocycles. The lowest BCUT2D eigenvalue weighted by atomic mass is 9.58. The highest BCUT2D eigenvalue weighted by atomic mass is 16.5. The molecule has 1 aromatic rings. The summed E-state index contributed by atoms with van der Waals surface area (Å²) in [6.07, 6.45) is 6.75. The van der Waals surface area contributed by atoms with Crippen LogP contribution in [0.15, 0.2) is 24.3 Å². The molecule has 20 heavy (non-hydrogen) atoms. The fourth-order valence-electron chi connectivity index (χ4n) is 3.51. The van der Waals surface area contributed by atoms with Gasteiger partial charge in [-0.15, -0.1) is 0 Å². The predicted molar refractivity (Wildman–Crippen MR) is 83.3 cm³/mol. The van der Waals surface area contributed by atoms with Crippen molar-refractivity contribution in [2.24, 2.45) is 5.92 Å². The Kier molecular flexibility index (Phi) is 4.02. The Morgan fingerprint density at radius 1 is 1.15 bits per heavy atom. The molecule has 0 spiro atoms. The standard InChI is InChI=1S/C18H27NO/c1-3-14-11-18(12-14,13-19-16-7-8-16)15-5-9-17(10-6-15)20-4-2/h5-6,9-10,14,16,19H,3-4,7-8,11-13H2,1-2H3. The number of benzene rings is 1. The first kappa shape index (κ1) is 13.9. The molecule has 2 nitrogen and oxygen atoms in total. The van der Waals surface area contributed by atoms with E-state index in [9.17, 15) is 0 Å². The summed E-state index contributed by atoms with van der Waals surface area (Å²) in [5.41, 5.74) is 1.88. The molecule has 2 aliphatic rings. The van der Waals surface area contributed by atoms with Gasteiger partial charge in [0.15, 0.2) is 0 Å². The van der Waals surface area contributed by atoms with Crippen LogP contribution in [-0.2, 0) is 5.41 Å². The van der Waals surface area contributed by atoms with Gasteiger partial charge in [-0.1, -0.05) is 25.5 Å². The van der Waals surface area contributed by atoms with Crippen molar-refractivity contribution in [1.29, 1.82) is 0 Å². The summed E-state index contributed by atoms with van der Waals surface area (Å²) in [5, 5.41) is 3.75. The van der Waals surface area contributed by atoms with E-state index in [0.717, 1.165) is 30.9 Å². The summed E-state index contributed by atoms with van der Waals surface area (Å²) in [5.74, 6) is 1.91. The average molecular weight is 273 g/mol. The van der Waals surface area contributed by atoms with Crippen LogP contribution in [0, 0.1) is 5.92 Å². The third kappa shape index (κ3) is 2.85. The number of nitrogens with one attached hydrogen (secondary N) is 1. The maximum Gasteiger partial charge on any atom is 0.119 e. The SMILES string of the molecule is CCOc1ccc(C2(CNC3CC3)CC(CC)C2)cc1. The molecule has 2 fully saturated rings. The summed E-state index contributed by atoms with van der Waals surface area (Å²) >= 11 is 0. The van der Waals surface area contributed by atoms with Gasteiger partial charge in [-0.25, -0.2) is 0 Å². The molecule has 0 radical (unpaired) electrons. The van der Waals surface area contributed by atoms with Gasteiger partial charge in [-0.05, 0) is 56.2 Å². The van der Waals surface area contributed by atoms with Gasteiger partial charge in [-0.3, -0.25) is 0 Å².